The first-order valence-corrected chi connectivity index (χ1v) is 4.68. The lowest BCUT2D eigenvalue weighted by Gasteiger charge is -2.22. The summed E-state index contributed by atoms with van der Waals surface area (Å²) >= 11 is 0. The largest absolute Gasteiger partial charge is 0.388 e. The van der Waals surface area contributed by atoms with Crippen molar-refractivity contribution in [3.05, 3.63) is 0 Å². The zero-order chi connectivity index (χ0) is 10.5. The summed E-state index contributed by atoms with van der Waals surface area (Å²) in [6, 6.07) is -0.465. The molecule has 0 aliphatic carbocycles. The third-order valence-corrected chi connectivity index (χ3v) is 2.18. The van der Waals surface area contributed by atoms with E-state index in [1.54, 1.807) is 6.92 Å². The van der Waals surface area contributed by atoms with E-state index in [2.05, 4.69) is 5.32 Å². The second-order valence-corrected chi connectivity index (χ2v) is 3.58. The van der Waals surface area contributed by atoms with Gasteiger partial charge in [-0.1, -0.05) is 13.8 Å². The van der Waals surface area contributed by atoms with Gasteiger partial charge in [0.25, 0.3) is 0 Å². The Bertz CT molecular complexity index is 169. The molecule has 0 aliphatic heterocycles. The van der Waals surface area contributed by atoms with Crippen LogP contribution >= 0.6 is 0 Å². The lowest BCUT2D eigenvalue weighted by Crippen LogP contribution is -2.46. The lowest BCUT2D eigenvalue weighted by atomic mass is 10.0. The van der Waals surface area contributed by atoms with E-state index in [1.807, 2.05) is 13.8 Å². The quantitative estimate of drug-likeness (QED) is 0.568. The van der Waals surface area contributed by atoms with E-state index in [9.17, 15) is 9.90 Å². The number of nitrogens with one attached hydrogen (secondary N) is 1. The van der Waals surface area contributed by atoms with Gasteiger partial charge in [0, 0.05) is 6.54 Å². The molecule has 4 nitrogen and oxygen atoms in total. The van der Waals surface area contributed by atoms with E-state index >= 15 is 0 Å². The average Bonchev–Trinajstić information content (AvgIpc) is 2.13. The second kappa shape index (κ2) is 5.19. The molecule has 2 atom stereocenters. The molecule has 13 heavy (non-hydrogen) atoms. The molecule has 0 aromatic rings. The van der Waals surface area contributed by atoms with Crippen molar-refractivity contribution < 1.29 is 9.90 Å². The van der Waals surface area contributed by atoms with Gasteiger partial charge in [-0.3, -0.25) is 4.79 Å². The van der Waals surface area contributed by atoms with Gasteiger partial charge in [-0.25, -0.2) is 0 Å². The Balaban J connectivity index is 3.83. The fourth-order valence-corrected chi connectivity index (χ4v) is 0.719. The second-order valence-electron chi connectivity index (χ2n) is 3.58. The summed E-state index contributed by atoms with van der Waals surface area (Å²) in [6.45, 7) is 5.66. The van der Waals surface area contributed by atoms with Crippen LogP contribution in [0.4, 0.5) is 0 Å². The fourth-order valence-electron chi connectivity index (χ4n) is 0.719. The Morgan fingerprint density at radius 2 is 2.15 bits per heavy atom. The zero-order valence-electron chi connectivity index (χ0n) is 8.63. The highest BCUT2D eigenvalue weighted by Crippen LogP contribution is 2.05. The monoisotopic (exact) mass is 188 g/mol. The summed E-state index contributed by atoms with van der Waals surface area (Å²) in [4.78, 5) is 11.2. The minimum atomic E-state index is -0.830. The van der Waals surface area contributed by atoms with Gasteiger partial charge in [0.15, 0.2) is 0 Å². The van der Waals surface area contributed by atoms with Gasteiger partial charge in [-0.05, 0) is 19.8 Å². The van der Waals surface area contributed by atoms with Gasteiger partial charge in [-0.15, -0.1) is 0 Å². The molecule has 0 aliphatic rings. The van der Waals surface area contributed by atoms with Crippen LogP contribution in [0.25, 0.3) is 0 Å². The number of nitrogens with two attached hydrogens (primary N) is 1. The lowest BCUT2D eigenvalue weighted by molar-refractivity contribution is -0.123. The molecular weight excluding hydrogens is 168 g/mol. The molecule has 0 heterocycles. The van der Waals surface area contributed by atoms with Crippen LogP contribution in [-0.2, 0) is 4.79 Å². The van der Waals surface area contributed by atoms with Gasteiger partial charge in [0.05, 0.1) is 11.6 Å². The molecule has 0 saturated heterocycles. The highest BCUT2D eigenvalue weighted by molar-refractivity contribution is 5.81. The molecule has 4 heteroatoms. The van der Waals surface area contributed by atoms with E-state index in [0.29, 0.717) is 12.8 Å². The molecule has 1 amide bonds. The Kier molecular flexibility index (Phi) is 4.95. The normalized spacial score (nSPS) is 17.6. The van der Waals surface area contributed by atoms with Crippen molar-refractivity contribution in [1.29, 1.82) is 0 Å². The molecule has 1 unspecified atom stereocenters. The Labute approximate surface area is 79.5 Å². The zero-order valence-corrected chi connectivity index (χ0v) is 8.63. The van der Waals surface area contributed by atoms with Crippen molar-refractivity contribution in [3.8, 4) is 0 Å². The van der Waals surface area contributed by atoms with Crippen LogP contribution in [0.2, 0.25) is 0 Å². The maximum absolute atomic E-state index is 11.2. The van der Waals surface area contributed by atoms with Gasteiger partial charge in [0.2, 0.25) is 5.91 Å². The number of hydrogen-bond donors (Lipinski definition) is 3. The molecule has 78 valence electrons. The van der Waals surface area contributed by atoms with Crippen LogP contribution in [0, 0.1) is 0 Å². The van der Waals surface area contributed by atoms with E-state index in [4.69, 9.17) is 5.73 Å². The van der Waals surface area contributed by atoms with E-state index in [1.165, 1.54) is 0 Å². The minimum absolute atomic E-state index is 0.198. The summed E-state index contributed by atoms with van der Waals surface area (Å²) in [5, 5.41) is 12.2. The Morgan fingerprint density at radius 3 is 2.54 bits per heavy atom. The molecule has 0 bridgehead atoms. The summed E-state index contributed by atoms with van der Waals surface area (Å²) in [5.74, 6) is -0.198. The van der Waals surface area contributed by atoms with Crippen molar-refractivity contribution >= 4 is 5.91 Å². The molecule has 0 fully saturated rings. The number of carbonyl (C=O) groups is 1. The first kappa shape index (κ1) is 12.4. The molecule has 0 aromatic heterocycles. The van der Waals surface area contributed by atoms with Crippen LogP contribution in [0.15, 0.2) is 0 Å². The Morgan fingerprint density at radius 1 is 1.62 bits per heavy atom. The number of rotatable bonds is 5. The number of hydrogen-bond acceptors (Lipinski definition) is 3. The van der Waals surface area contributed by atoms with Crippen molar-refractivity contribution in [2.24, 2.45) is 5.73 Å². The molecule has 0 radical (unpaired) electrons. The minimum Gasteiger partial charge on any atom is -0.388 e. The van der Waals surface area contributed by atoms with Gasteiger partial charge < -0.3 is 16.2 Å². The van der Waals surface area contributed by atoms with Crippen molar-refractivity contribution in [3.63, 3.8) is 0 Å². The highest BCUT2D eigenvalue weighted by atomic mass is 16.3. The first-order valence-electron chi connectivity index (χ1n) is 4.68. The van der Waals surface area contributed by atoms with Gasteiger partial charge >= 0.3 is 0 Å². The molecule has 4 N–H and O–H groups in total. The number of amides is 1. The summed E-state index contributed by atoms with van der Waals surface area (Å²) in [7, 11) is 0. The molecule has 0 saturated carbocycles. The van der Waals surface area contributed by atoms with E-state index in [-0.39, 0.29) is 12.5 Å². The third kappa shape index (κ3) is 4.85. The standard InChI is InChI=1S/C9H20N2O2/c1-4-7(10)8(12)11-6-9(3,13)5-2/h7,13H,4-6,10H2,1-3H3,(H,11,12)/t7-,9?/m1/s1. The van der Waals surface area contributed by atoms with E-state index in [0.717, 1.165) is 0 Å². The van der Waals surface area contributed by atoms with Crippen LogP contribution in [0.1, 0.15) is 33.6 Å². The topological polar surface area (TPSA) is 75.4 Å². The summed E-state index contributed by atoms with van der Waals surface area (Å²) < 4.78 is 0. The van der Waals surface area contributed by atoms with Gasteiger partial charge in [0.1, 0.15) is 0 Å². The third-order valence-electron chi connectivity index (χ3n) is 2.18. The SMILES string of the molecule is CC[C@@H](N)C(=O)NCC(C)(O)CC. The molecule has 0 rings (SSSR count). The predicted molar refractivity (Wildman–Crippen MR) is 52.2 cm³/mol. The fraction of sp³-hybridized carbons (Fsp3) is 0.889. The molecule has 0 spiro atoms. The number of aliphatic hydroxyl groups is 1. The maximum Gasteiger partial charge on any atom is 0.237 e. The van der Waals surface area contributed by atoms with Crippen LogP contribution in [0.5, 0.6) is 0 Å². The molecular formula is C9H20N2O2. The summed E-state index contributed by atoms with van der Waals surface area (Å²) in [6.07, 6.45) is 1.22. The van der Waals surface area contributed by atoms with Crippen molar-refractivity contribution in [2.75, 3.05) is 6.54 Å². The predicted octanol–water partition coefficient (Wildman–Crippen LogP) is 0.000900. The van der Waals surface area contributed by atoms with Crippen LogP contribution in [0.3, 0.4) is 0 Å². The number of carbonyl (C=O) groups excluding carboxylic acids is 1. The highest BCUT2D eigenvalue weighted by Gasteiger charge is 2.19. The van der Waals surface area contributed by atoms with Crippen LogP contribution in [-0.4, -0.2) is 29.2 Å². The van der Waals surface area contributed by atoms with Crippen LogP contribution < -0.4 is 11.1 Å². The Hall–Kier alpha value is -0.610. The van der Waals surface area contributed by atoms with Crippen molar-refractivity contribution in [1.82, 2.24) is 5.32 Å². The smallest absolute Gasteiger partial charge is 0.237 e. The van der Waals surface area contributed by atoms with Gasteiger partial charge in [-0.2, -0.15) is 0 Å². The average molecular weight is 188 g/mol. The summed E-state index contributed by atoms with van der Waals surface area (Å²) in [5.41, 5.74) is 4.66. The maximum atomic E-state index is 11.2. The van der Waals surface area contributed by atoms with E-state index < -0.39 is 11.6 Å². The van der Waals surface area contributed by atoms with Crippen molar-refractivity contribution in [2.45, 2.75) is 45.3 Å². The first-order chi connectivity index (χ1) is 5.93. The molecule has 0 aromatic carbocycles.